The summed E-state index contributed by atoms with van der Waals surface area (Å²) in [5.74, 6) is 1.03. The van der Waals surface area contributed by atoms with Crippen molar-refractivity contribution in [2.24, 2.45) is 5.73 Å². The SMILES string of the molecule is C[C@@H](N)c1ccc(N(C)CCN2CCCC2)nc1. The van der Waals surface area contributed by atoms with Gasteiger partial charge in [-0.1, -0.05) is 6.07 Å². The standard InChI is InChI=1S/C14H24N4/c1-12(15)13-5-6-14(16-11-13)17(2)9-10-18-7-3-4-8-18/h5-6,11-12H,3-4,7-10,15H2,1-2H3/t12-/m1/s1. The Labute approximate surface area is 110 Å². The van der Waals surface area contributed by atoms with Gasteiger partial charge < -0.3 is 15.5 Å². The molecule has 100 valence electrons. The Balaban J connectivity index is 1.85. The third kappa shape index (κ3) is 3.43. The largest absolute Gasteiger partial charge is 0.358 e. The summed E-state index contributed by atoms with van der Waals surface area (Å²) in [6, 6.07) is 4.18. The lowest BCUT2D eigenvalue weighted by Gasteiger charge is -2.22. The summed E-state index contributed by atoms with van der Waals surface area (Å²) in [6.07, 6.45) is 4.59. The van der Waals surface area contributed by atoms with Crippen LogP contribution in [0.25, 0.3) is 0 Å². The predicted octanol–water partition coefficient (Wildman–Crippen LogP) is 1.63. The summed E-state index contributed by atoms with van der Waals surface area (Å²) in [5, 5.41) is 0. The molecule has 0 radical (unpaired) electrons. The lowest BCUT2D eigenvalue weighted by Crippen LogP contribution is -2.31. The maximum atomic E-state index is 5.82. The fourth-order valence-electron chi connectivity index (χ4n) is 2.30. The van der Waals surface area contributed by atoms with Gasteiger partial charge in [0, 0.05) is 32.4 Å². The molecule has 1 aromatic heterocycles. The molecule has 0 amide bonds. The molecule has 0 spiro atoms. The Kier molecular flexibility index (Phi) is 4.55. The van der Waals surface area contributed by atoms with E-state index in [2.05, 4.69) is 34.0 Å². The molecule has 4 heteroatoms. The van der Waals surface area contributed by atoms with Crippen molar-refractivity contribution in [2.45, 2.75) is 25.8 Å². The molecule has 1 atom stereocenters. The number of anilines is 1. The maximum Gasteiger partial charge on any atom is 0.128 e. The van der Waals surface area contributed by atoms with Gasteiger partial charge in [-0.3, -0.25) is 0 Å². The van der Waals surface area contributed by atoms with Crippen LogP contribution in [0.4, 0.5) is 5.82 Å². The van der Waals surface area contributed by atoms with E-state index in [1.165, 1.54) is 25.9 Å². The Morgan fingerprint density at radius 1 is 1.39 bits per heavy atom. The first kappa shape index (κ1) is 13.3. The van der Waals surface area contributed by atoms with Crippen molar-refractivity contribution in [3.63, 3.8) is 0 Å². The van der Waals surface area contributed by atoms with Crippen LogP contribution < -0.4 is 10.6 Å². The highest BCUT2D eigenvalue weighted by Gasteiger charge is 2.12. The maximum absolute atomic E-state index is 5.82. The highest BCUT2D eigenvalue weighted by Crippen LogP contribution is 2.14. The average molecular weight is 248 g/mol. The minimum Gasteiger partial charge on any atom is -0.358 e. The van der Waals surface area contributed by atoms with Crippen molar-refractivity contribution in [1.29, 1.82) is 0 Å². The van der Waals surface area contributed by atoms with Crippen LogP contribution in [0, 0.1) is 0 Å². The van der Waals surface area contributed by atoms with Crippen LogP contribution in [0.5, 0.6) is 0 Å². The smallest absolute Gasteiger partial charge is 0.128 e. The lowest BCUT2D eigenvalue weighted by molar-refractivity contribution is 0.346. The number of rotatable bonds is 5. The molecule has 0 aliphatic carbocycles. The van der Waals surface area contributed by atoms with Crippen molar-refractivity contribution >= 4 is 5.82 Å². The van der Waals surface area contributed by atoms with Crippen molar-refractivity contribution < 1.29 is 0 Å². The van der Waals surface area contributed by atoms with E-state index in [0.717, 1.165) is 24.5 Å². The molecule has 18 heavy (non-hydrogen) atoms. The lowest BCUT2D eigenvalue weighted by atomic mass is 10.1. The van der Waals surface area contributed by atoms with E-state index in [4.69, 9.17) is 5.73 Å². The molecule has 0 bridgehead atoms. The van der Waals surface area contributed by atoms with Crippen LogP contribution in [-0.4, -0.2) is 43.1 Å². The van der Waals surface area contributed by atoms with Crippen molar-refractivity contribution in [3.05, 3.63) is 23.9 Å². The molecule has 2 rings (SSSR count). The number of likely N-dealkylation sites (tertiary alicyclic amines) is 1. The number of hydrogen-bond acceptors (Lipinski definition) is 4. The quantitative estimate of drug-likeness (QED) is 0.860. The van der Waals surface area contributed by atoms with Gasteiger partial charge in [0.1, 0.15) is 5.82 Å². The van der Waals surface area contributed by atoms with E-state index >= 15 is 0 Å². The predicted molar refractivity (Wildman–Crippen MR) is 75.8 cm³/mol. The van der Waals surface area contributed by atoms with Gasteiger partial charge in [-0.15, -0.1) is 0 Å². The van der Waals surface area contributed by atoms with Crippen LogP contribution in [0.1, 0.15) is 31.4 Å². The monoisotopic (exact) mass is 248 g/mol. The van der Waals surface area contributed by atoms with E-state index in [1.54, 1.807) is 0 Å². The molecular weight excluding hydrogens is 224 g/mol. The molecule has 0 aromatic carbocycles. The first-order valence-corrected chi connectivity index (χ1v) is 6.82. The fraction of sp³-hybridized carbons (Fsp3) is 0.643. The third-order valence-corrected chi connectivity index (χ3v) is 3.64. The Morgan fingerprint density at radius 3 is 2.67 bits per heavy atom. The van der Waals surface area contributed by atoms with Crippen LogP contribution in [0.15, 0.2) is 18.3 Å². The zero-order valence-electron chi connectivity index (χ0n) is 11.5. The van der Waals surface area contributed by atoms with E-state index in [-0.39, 0.29) is 6.04 Å². The summed E-state index contributed by atoms with van der Waals surface area (Å²) < 4.78 is 0. The zero-order chi connectivity index (χ0) is 13.0. The highest BCUT2D eigenvalue weighted by atomic mass is 15.2. The number of hydrogen-bond donors (Lipinski definition) is 1. The summed E-state index contributed by atoms with van der Waals surface area (Å²) in [6.45, 7) is 6.65. The minimum atomic E-state index is 0.0569. The van der Waals surface area contributed by atoms with E-state index in [9.17, 15) is 0 Å². The summed E-state index contributed by atoms with van der Waals surface area (Å²) >= 11 is 0. The molecule has 1 saturated heterocycles. The first-order chi connectivity index (χ1) is 8.66. The van der Waals surface area contributed by atoms with Gasteiger partial charge in [0.25, 0.3) is 0 Å². The molecule has 0 saturated carbocycles. The summed E-state index contributed by atoms with van der Waals surface area (Å²) in [4.78, 5) is 9.20. The van der Waals surface area contributed by atoms with Crippen LogP contribution in [-0.2, 0) is 0 Å². The Bertz CT molecular complexity index is 355. The summed E-state index contributed by atoms with van der Waals surface area (Å²) in [7, 11) is 2.10. The number of likely N-dealkylation sites (N-methyl/N-ethyl adjacent to an activating group) is 1. The topological polar surface area (TPSA) is 45.4 Å². The number of aromatic nitrogens is 1. The molecule has 1 aromatic rings. The average Bonchev–Trinajstić information content (AvgIpc) is 2.89. The van der Waals surface area contributed by atoms with Crippen LogP contribution in [0.2, 0.25) is 0 Å². The Hall–Kier alpha value is -1.13. The third-order valence-electron chi connectivity index (χ3n) is 3.64. The molecule has 1 aliphatic heterocycles. The second-order valence-corrected chi connectivity index (χ2v) is 5.21. The normalized spacial score (nSPS) is 17.9. The second kappa shape index (κ2) is 6.16. The number of nitrogens with two attached hydrogens (primary N) is 1. The van der Waals surface area contributed by atoms with Gasteiger partial charge in [-0.25, -0.2) is 4.98 Å². The van der Waals surface area contributed by atoms with Gasteiger partial charge >= 0.3 is 0 Å². The van der Waals surface area contributed by atoms with Gasteiger partial charge in [-0.05, 0) is 44.5 Å². The molecular formula is C14H24N4. The molecule has 4 nitrogen and oxygen atoms in total. The van der Waals surface area contributed by atoms with Gasteiger partial charge in [-0.2, -0.15) is 0 Å². The van der Waals surface area contributed by atoms with Gasteiger partial charge in [0.15, 0.2) is 0 Å². The van der Waals surface area contributed by atoms with Gasteiger partial charge in [0.05, 0.1) is 0 Å². The molecule has 0 unspecified atom stereocenters. The minimum absolute atomic E-state index is 0.0569. The molecule has 2 heterocycles. The fourth-order valence-corrected chi connectivity index (χ4v) is 2.30. The summed E-state index contributed by atoms with van der Waals surface area (Å²) in [5.41, 5.74) is 6.91. The molecule has 1 aliphatic rings. The Morgan fingerprint density at radius 2 is 2.11 bits per heavy atom. The molecule has 2 N–H and O–H groups in total. The van der Waals surface area contributed by atoms with Gasteiger partial charge in [0.2, 0.25) is 0 Å². The van der Waals surface area contributed by atoms with E-state index < -0.39 is 0 Å². The van der Waals surface area contributed by atoms with Crippen molar-refractivity contribution in [2.75, 3.05) is 38.1 Å². The van der Waals surface area contributed by atoms with E-state index in [1.807, 2.05) is 13.1 Å². The van der Waals surface area contributed by atoms with Crippen molar-refractivity contribution in [3.8, 4) is 0 Å². The first-order valence-electron chi connectivity index (χ1n) is 6.82. The van der Waals surface area contributed by atoms with Crippen molar-refractivity contribution in [1.82, 2.24) is 9.88 Å². The molecule has 1 fully saturated rings. The number of nitrogens with zero attached hydrogens (tertiary/aromatic N) is 3. The zero-order valence-corrected chi connectivity index (χ0v) is 11.5. The number of pyridine rings is 1. The van der Waals surface area contributed by atoms with Crippen LogP contribution >= 0.6 is 0 Å². The second-order valence-electron chi connectivity index (χ2n) is 5.21. The highest BCUT2D eigenvalue weighted by molar-refractivity contribution is 5.38. The van der Waals surface area contributed by atoms with Crippen LogP contribution in [0.3, 0.4) is 0 Å². The van der Waals surface area contributed by atoms with E-state index in [0.29, 0.717) is 0 Å².